The molecule has 37 heavy (non-hydrogen) atoms. The summed E-state index contributed by atoms with van der Waals surface area (Å²) in [5.41, 5.74) is 3.14. The second-order valence-electron chi connectivity index (χ2n) is 10.3. The molecule has 2 aromatic carbocycles. The number of carbonyl (C=O) groups is 2. The molecule has 2 amide bonds. The first-order chi connectivity index (χ1) is 17.5. The molecule has 2 saturated heterocycles. The van der Waals surface area contributed by atoms with Crippen molar-refractivity contribution in [2.45, 2.75) is 64.5 Å². The third-order valence-corrected chi connectivity index (χ3v) is 7.78. The first-order valence-electron chi connectivity index (χ1n) is 13.4. The largest absolute Gasteiger partial charge is 0.412 e. The van der Waals surface area contributed by atoms with Crippen LogP contribution in [0.15, 0.2) is 42.5 Å². The maximum Gasteiger partial charge on any atom is 0.241 e. The molecule has 2 aliphatic heterocycles. The van der Waals surface area contributed by atoms with Crippen molar-refractivity contribution in [3.63, 3.8) is 0 Å². The molecular formula is C29H39N5O3. The van der Waals surface area contributed by atoms with E-state index in [1.165, 1.54) is 12.8 Å². The van der Waals surface area contributed by atoms with E-state index in [1.54, 1.807) is 0 Å². The summed E-state index contributed by atoms with van der Waals surface area (Å²) in [6, 6.07) is 13.5. The van der Waals surface area contributed by atoms with Crippen LogP contribution in [0.5, 0.6) is 0 Å². The number of nitrogens with one attached hydrogen (secondary N) is 2. The molecule has 1 aromatic heterocycles. The van der Waals surface area contributed by atoms with Crippen LogP contribution in [0.1, 0.15) is 52.4 Å². The van der Waals surface area contributed by atoms with Crippen molar-refractivity contribution >= 4 is 45.0 Å². The number of anilines is 2. The summed E-state index contributed by atoms with van der Waals surface area (Å²) in [4.78, 5) is 35.1. The van der Waals surface area contributed by atoms with Gasteiger partial charge in [0.15, 0.2) is 0 Å². The first kappa shape index (κ1) is 27.0. The highest BCUT2D eigenvalue weighted by Gasteiger charge is 2.24. The Kier molecular flexibility index (Phi) is 8.74. The van der Waals surface area contributed by atoms with E-state index in [0.717, 1.165) is 85.0 Å². The van der Waals surface area contributed by atoms with Crippen LogP contribution in [0, 0.1) is 0 Å². The maximum absolute atomic E-state index is 12.9. The average Bonchev–Trinajstić information content (AvgIpc) is 2.92. The van der Waals surface area contributed by atoms with Gasteiger partial charge in [0.05, 0.1) is 23.1 Å². The van der Waals surface area contributed by atoms with Gasteiger partial charge in [0.1, 0.15) is 0 Å². The van der Waals surface area contributed by atoms with E-state index in [-0.39, 0.29) is 29.4 Å². The highest BCUT2D eigenvalue weighted by Crippen LogP contribution is 2.25. The standard InChI is InChI=1S/C29H37N5O2.H2O/c1-20(33-13-5-3-6-14-33)28(35)30-24-11-9-22-17-23-10-12-25(19-27(23)32-26(22)18-24)31-29(36)21(2)34-15-7-4-8-16-34;/h9-12,17-21H,3-8,13-16H2,1-2H3,(H,30,35)(H,31,36);1H2. The molecule has 3 heterocycles. The molecule has 8 nitrogen and oxygen atoms in total. The topological polar surface area (TPSA) is 109 Å². The third kappa shape index (κ3) is 6.26. The number of fused-ring (bicyclic) bond motifs is 2. The number of rotatable bonds is 6. The van der Waals surface area contributed by atoms with Crippen LogP contribution in [-0.4, -0.2) is 70.3 Å². The first-order valence-corrected chi connectivity index (χ1v) is 13.4. The molecule has 0 bridgehead atoms. The number of piperidine rings is 2. The summed E-state index contributed by atoms with van der Waals surface area (Å²) in [7, 11) is 0. The summed E-state index contributed by atoms with van der Waals surface area (Å²) >= 11 is 0. The number of hydrogen-bond acceptors (Lipinski definition) is 5. The number of aromatic nitrogens is 1. The zero-order valence-electron chi connectivity index (χ0n) is 21.9. The Morgan fingerprint density at radius 3 is 1.49 bits per heavy atom. The van der Waals surface area contributed by atoms with Gasteiger partial charge in [-0.25, -0.2) is 4.98 Å². The van der Waals surface area contributed by atoms with Gasteiger partial charge in [-0.05, 0) is 96.0 Å². The Balaban J connectivity index is 0.00000320. The summed E-state index contributed by atoms with van der Waals surface area (Å²) in [5, 5.41) is 8.18. The molecule has 0 spiro atoms. The number of pyridine rings is 1. The monoisotopic (exact) mass is 505 g/mol. The van der Waals surface area contributed by atoms with Gasteiger partial charge < -0.3 is 16.1 Å². The minimum Gasteiger partial charge on any atom is -0.412 e. The quantitative estimate of drug-likeness (QED) is 0.488. The van der Waals surface area contributed by atoms with E-state index in [9.17, 15) is 9.59 Å². The van der Waals surface area contributed by atoms with E-state index in [2.05, 4.69) is 26.5 Å². The third-order valence-electron chi connectivity index (χ3n) is 7.78. The molecule has 0 radical (unpaired) electrons. The number of carbonyl (C=O) groups excluding carboxylic acids is 2. The normalized spacial score (nSPS) is 18.6. The lowest BCUT2D eigenvalue weighted by molar-refractivity contribution is -0.121. The number of benzene rings is 2. The second-order valence-corrected chi connectivity index (χ2v) is 10.3. The lowest BCUT2D eigenvalue weighted by atomic mass is 10.1. The minimum atomic E-state index is -0.149. The van der Waals surface area contributed by atoms with E-state index >= 15 is 0 Å². The van der Waals surface area contributed by atoms with Gasteiger partial charge >= 0.3 is 0 Å². The van der Waals surface area contributed by atoms with Gasteiger partial charge in [0, 0.05) is 22.1 Å². The fourth-order valence-corrected chi connectivity index (χ4v) is 5.41. The molecule has 2 aliphatic rings. The van der Waals surface area contributed by atoms with Crippen molar-refractivity contribution < 1.29 is 15.1 Å². The lowest BCUT2D eigenvalue weighted by Crippen LogP contribution is -2.44. The van der Waals surface area contributed by atoms with Crippen LogP contribution in [-0.2, 0) is 9.59 Å². The highest BCUT2D eigenvalue weighted by molar-refractivity contribution is 6.00. The number of amides is 2. The number of nitrogens with zero attached hydrogens (tertiary/aromatic N) is 3. The molecular weight excluding hydrogens is 466 g/mol. The summed E-state index contributed by atoms with van der Waals surface area (Å²) in [6.45, 7) is 7.89. The van der Waals surface area contributed by atoms with Crippen molar-refractivity contribution in [1.29, 1.82) is 0 Å². The van der Waals surface area contributed by atoms with Gasteiger partial charge in [-0.2, -0.15) is 0 Å². The predicted molar refractivity (Wildman–Crippen MR) is 150 cm³/mol. The molecule has 8 heteroatoms. The summed E-state index contributed by atoms with van der Waals surface area (Å²) in [6.07, 6.45) is 7.12. The average molecular weight is 506 g/mol. The molecule has 2 unspecified atom stereocenters. The number of likely N-dealkylation sites (tertiary alicyclic amines) is 2. The SMILES string of the molecule is CC(C(=O)Nc1ccc2cc3ccc(NC(=O)C(C)N4CCCCC4)cc3nc2c1)N1CCCCC1.O. The fraction of sp³-hybridized carbons (Fsp3) is 0.483. The van der Waals surface area contributed by atoms with Gasteiger partial charge in [0.2, 0.25) is 11.8 Å². The number of hydrogen-bond donors (Lipinski definition) is 2. The van der Waals surface area contributed by atoms with Crippen molar-refractivity contribution in [2.75, 3.05) is 36.8 Å². The predicted octanol–water partition coefficient (Wildman–Crippen LogP) is 4.19. The molecule has 2 atom stereocenters. The zero-order valence-corrected chi connectivity index (χ0v) is 21.9. The Labute approximate surface area is 218 Å². The molecule has 198 valence electrons. The maximum atomic E-state index is 12.9. The van der Waals surface area contributed by atoms with Crippen LogP contribution in [0.3, 0.4) is 0 Å². The van der Waals surface area contributed by atoms with Crippen molar-refractivity contribution in [3.05, 3.63) is 42.5 Å². The van der Waals surface area contributed by atoms with Crippen LogP contribution >= 0.6 is 0 Å². The Morgan fingerprint density at radius 1 is 0.676 bits per heavy atom. The molecule has 4 N–H and O–H groups in total. The van der Waals surface area contributed by atoms with Crippen LogP contribution < -0.4 is 10.6 Å². The highest BCUT2D eigenvalue weighted by atomic mass is 16.2. The van der Waals surface area contributed by atoms with Gasteiger partial charge in [-0.15, -0.1) is 0 Å². The van der Waals surface area contributed by atoms with Crippen molar-refractivity contribution in [3.8, 4) is 0 Å². The lowest BCUT2D eigenvalue weighted by Gasteiger charge is -2.31. The van der Waals surface area contributed by atoms with E-state index in [4.69, 9.17) is 4.98 Å². The second kappa shape index (κ2) is 12.0. The van der Waals surface area contributed by atoms with E-state index < -0.39 is 0 Å². The van der Waals surface area contributed by atoms with Crippen molar-refractivity contribution in [2.24, 2.45) is 0 Å². The molecule has 0 aliphatic carbocycles. The molecule has 5 rings (SSSR count). The Hall–Kier alpha value is -3.07. The van der Waals surface area contributed by atoms with Gasteiger partial charge in [-0.3, -0.25) is 19.4 Å². The molecule has 2 fully saturated rings. The molecule has 3 aromatic rings. The van der Waals surface area contributed by atoms with Crippen molar-refractivity contribution in [1.82, 2.24) is 14.8 Å². The van der Waals surface area contributed by atoms with Gasteiger partial charge in [0.25, 0.3) is 0 Å². The van der Waals surface area contributed by atoms with Gasteiger partial charge in [-0.1, -0.05) is 25.0 Å². The zero-order chi connectivity index (χ0) is 25.1. The minimum absolute atomic E-state index is 0. The van der Waals surface area contributed by atoms with Crippen LogP contribution in [0.4, 0.5) is 11.4 Å². The van der Waals surface area contributed by atoms with Crippen LogP contribution in [0.2, 0.25) is 0 Å². The Bertz CT molecular complexity index is 1160. The van der Waals surface area contributed by atoms with E-state index in [1.807, 2.05) is 50.2 Å². The van der Waals surface area contributed by atoms with E-state index in [0.29, 0.717) is 0 Å². The van der Waals surface area contributed by atoms with Crippen LogP contribution in [0.25, 0.3) is 21.8 Å². The summed E-state index contributed by atoms with van der Waals surface area (Å²) < 4.78 is 0. The molecule has 0 saturated carbocycles. The summed E-state index contributed by atoms with van der Waals surface area (Å²) in [5.74, 6) is 0.0368. The smallest absolute Gasteiger partial charge is 0.241 e. The Morgan fingerprint density at radius 2 is 1.08 bits per heavy atom. The fourth-order valence-electron chi connectivity index (χ4n) is 5.41.